The van der Waals surface area contributed by atoms with Gasteiger partial charge in [-0.25, -0.2) is 0 Å². The Morgan fingerprint density at radius 3 is 2.47 bits per heavy atom. The molecule has 0 heterocycles. The SMILES string of the molecule is C=CC[C@@H]1C(CCC2(OI)CC2)[C@@H](O)C[C@@H]1O. The molecule has 0 amide bonds. The molecule has 0 radical (unpaired) electrons. The van der Waals surface area contributed by atoms with E-state index in [0.717, 1.165) is 32.1 Å². The predicted octanol–water partition coefficient (Wildman–Crippen LogP) is 2.60. The van der Waals surface area contributed by atoms with Crippen LogP contribution in [0.3, 0.4) is 0 Å². The van der Waals surface area contributed by atoms with Crippen molar-refractivity contribution in [3.05, 3.63) is 12.7 Å². The predicted molar refractivity (Wildman–Crippen MR) is 74.7 cm³/mol. The molecule has 2 aliphatic carbocycles. The second-order valence-electron chi connectivity index (χ2n) is 5.52. The maximum absolute atomic E-state index is 10.0. The molecular weight excluding hydrogens is 331 g/mol. The molecule has 98 valence electrons. The van der Waals surface area contributed by atoms with Crippen molar-refractivity contribution in [1.29, 1.82) is 0 Å². The smallest absolute Gasteiger partial charge is 0.110 e. The van der Waals surface area contributed by atoms with Crippen LogP contribution < -0.4 is 0 Å². The van der Waals surface area contributed by atoms with E-state index in [4.69, 9.17) is 3.07 Å². The summed E-state index contributed by atoms with van der Waals surface area (Å²) in [5.41, 5.74) is 0.0759. The van der Waals surface area contributed by atoms with E-state index in [1.807, 2.05) is 29.1 Å². The van der Waals surface area contributed by atoms with E-state index in [-0.39, 0.29) is 29.6 Å². The fraction of sp³-hybridized carbons (Fsp3) is 0.846. The second kappa shape index (κ2) is 5.55. The molecule has 2 saturated carbocycles. The molecule has 0 aromatic rings. The van der Waals surface area contributed by atoms with E-state index in [0.29, 0.717) is 6.42 Å². The third-order valence-corrected chi connectivity index (χ3v) is 5.30. The maximum atomic E-state index is 10.0. The van der Waals surface area contributed by atoms with Gasteiger partial charge in [0.2, 0.25) is 0 Å². The molecule has 0 aromatic heterocycles. The molecule has 0 saturated heterocycles. The van der Waals surface area contributed by atoms with E-state index < -0.39 is 0 Å². The summed E-state index contributed by atoms with van der Waals surface area (Å²) < 4.78 is 5.47. The zero-order chi connectivity index (χ0) is 12.5. The summed E-state index contributed by atoms with van der Waals surface area (Å²) in [5.74, 6) is 0.375. The second-order valence-corrected chi connectivity index (χ2v) is 5.96. The van der Waals surface area contributed by atoms with E-state index in [9.17, 15) is 10.2 Å². The lowest BCUT2D eigenvalue weighted by Crippen LogP contribution is -2.23. The van der Waals surface area contributed by atoms with Gasteiger partial charge in [-0.1, -0.05) is 6.08 Å². The minimum absolute atomic E-state index is 0.0759. The fourth-order valence-electron chi connectivity index (χ4n) is 3.03. The van der Waals surface area contributed by atoms with Gasteiger partial charge in [0.15, 0.2) is 0 Å². The molecule has 4 atom stereocenters. The number of allylic oxidation sites excluding steroid dienone is 1. The summed E-state index contributed by atoms with van der Waals surface area (Å²) in [4.78, 5) is 0. The van der Waals surface area contributed by atoms with Crippen LogP contribution in [0, 0.1) is 11.8 Å². The summed E-state index contributed by atoms with van der Waals surface area (Å²) in [7, 11) is 0. The number of rotatable bonds is 6. The molecule has 2 N–H and O–H groups in total. The Kier molecular flexibility index (Phi) is 4.50. The molecule has 2 rings (SSSR count). The topological polar surface area (TPSA) is 49.7 Å². The largest absolute Gasteiger partial charge is 0.393 e. The van der Waals surface area contributed by atoms with Crippen molar-refractivity contribution >= 4 is 23.0 Å². The standard InChI is InChI=1S/C13H21IO3/c1-2-3-9-10(12(16)8-11(9)15)4-5-13(17-14)6-7-13/h2,9-12,15-16H,1,3-8H2/t9-,10?,11+,12+/m1/s1. The molecule has 4 heteroatoms. The fourth-order valence-corrected chi connectivity index (χ4v) is 3.69. The normalized spacial score (nSPS) is 39.2. The number of halogens is 1. The molecule has 3 nitrogen and oxygen atoms in total. The molecule has 0 bridgehead atoms. The monoisotopic (exact) mass is 352 g/mol. The third-order valence-electron chi connectivity index (χ3n) is 4.36. The minimum atomic E-state index is -0.372. The first kappa shape index (κ1) is 13.8. The average Bonchev–Trinajstić information content (AvgIpc) is 3.03. The van der Waals surface area contributed by atoms with Crippen LogP contribution in [-0.2, 0) is 3.07 Å². The zero-order valence-electron chi connectivity index (χ0n) is 10.0. The van der Waals surface area contributed by atoms with Gasteiger partial charge in [-0.3, -0.25) is 0 Å². The van der Waals surface area contributed by atoms with Gasteiger partial charge >= 0.3 is 0 Å². The Bertz CT molecular complexity index is 278. The highest BCUT2D eigenvalue weighted by atomic mass is 127. The van der Waals surface area contributed by atoms with Crippen molar-refractivity contribution in [2.75, 3.05) is 0 Å². The first-order valence-corrected chi connectivity index (χ1v) is 7.27. The first-order valence-electron chi connectivity index (χ1n) is 6.38. The van der Waals surface area contributed by atoms with Gasteiger partial charge in [0.25, 0.3) is 0 Å². The highest BCUT2D eigenvalue weighted by Crippen LogP contribution is 2.48. The summed E-state index contributed by atoms with van der Waals surface area (Å²) in [6.07, 6.45) is 6.63. The molecule has 2 aliphatic rings. The summed E-state index contributed by atoms with van der Waals surface area (Å²) >= 11 is 1.98. The van der Waals surface area contributed by atoms with Crippen LogP contribution in [0.25, 0.3) is 0 Å². The zero-order valence-corrected chi connectivity index (χ0v) is 12.2. The Labute approximate surface area is 117 Å². The van der Waals surface area contributed by atoms with Crippen molar-refractivity contribution in [3.8, 4) is 0 Å². The van der Waals surface area contributed by atoms with Gasteiger partial charge in [0.1, 0.15) is 23.0 Å². The third kappa shape index (κ3) is 3.03. The highest BCUT2D eigenvalue weighted by molar-refractivity contribution is 14.1. The summed E-state index contributed by atoms with van der Waals surface area (Å²) in [6, 6.07) is 0. The van der Waals surface area contributed by atoms with Crippen molar-refractivity contribution in [2.45, 2.75) is 56.3 Å². The van der Waals surface area contributed by atoms with Gasteiger partial charge < -0.3 is 13.3 Å². The molecular formula is C13H21IO3. The number of aliphatic hydroxyl groups excluding tert-OH is 2. The maximum Gasteiger partial charge on any atom is 0.110 e. The van der Waals surface area contributed by atoms with E-state index in [2.05, 4.69) is 6.58 Å². The lowest BCUT2D eigenvalue weighted by molar-refractivity contribution is 0.0968. The van der Waals surface area contributed by atoms with Crippen molar-refractivity contribution < 1.29 is 13.3 Å². The Morgan fingerprint density at radius 1 is 1.29 bits per heavy atom. The number of aliphatic hydroxyl groups is 2. The van der Waals surface area contributed by atoms with Gasteiger partial charge in [-0.2, -0.15) is 0 Å². The molecule has 0 aliphatic heterocycles. The molecule has 1 unspecified atom stereocenters. The average molecular weight is 352 g/mol. The van der Waals surface area contributed by atoms with Crippen LogP contribution in [0.5, 0.6) is 0 Å². The molecule has 2 fully saturated rings. The lowest BCUT2D eigenvalue weighted by atomic mass is 9.86. The van der Waals surface area contributed by atoms with Crippen LogP contribution in [0.1, 0.15) is 38.5 Å². The Hall–Kier alpha value is 0.350. The Morgan fingerprint density at radius 2 is 1.94 bits per heavy atom. The van der Waals surface area contributed by atoms with Gasteiger partial charge in [-0.15, -0.1) is 6.58 Å². The van der Waals surface area contributed by atoms with Crippen LogP contribution >= 0.6 is 23.0 Å². The first-order chi connectivity index (χ1) is 8.12. The van der Waals surface area contributed by atoms with Crippen LogP contribution in [0.2, 0.25) is 0 Å². The van der Waals surface area contributed by atoms with Crippen LogP contribution in [0.15, 0.2) is 12.7 Å². The van der Waals surface area contributed by atoms with Crippen LogP contribution in [0.4, 0.5) is 0 Å². The molecule has 17 heavy (non-hydrogen) atoms. The lowest BCUT2D eigenvalue weighted by Gasteiger charge is -2.24. The van der Waals surface area contributed by atoms with E-state index >= 15 is 0 Å². The summed E-state index contributed by atoms with van der Waals surface area (Å²) in [6.45, 7) is 3.74. The van der Waals surface area contributed by atoms with Crippen LogP contribution in [-0.4, -0.2) is 28.0 Å². The molecule has 0 aromatic carbocycles. The summed E-state index contributed by atoms with van der Waals surface area (Å²) in [5, 5.41) is 19.9. The van der Waals surface area contributed by atoms with E-state index in [1.165, 1.54) is 0 Å². The van der Waals surface area contributed by atoms with Gasteiger partial charge in [0, 0.05) is 0 Å². The number of hydrogen-bond acceptors (Lipinski definition) is 3. The number of hydrogen-bond donors (Lipinski definition) is 2. The Balaban J connectivity index is 1.90. The highest BCUT2D eigenvalue weighted by Gasteiger charge is 2.47. The van der Waals surface area contributed by atoms with Crippen molar-refractivity contribution in [3.63, 3.8) is 0 Å². The van der Waals surface area contributed by atoms with E-state index in [1.54, 1.807) is 0 Å². The van der Waals surface area contributed by atoms with Crippen molar-refractivity contribution in [1.82, 2.24) is 0 Å². The minimum Gasteiger partial charge on any atom is -0.393 e. The van der Waals surface area contributed by atoms with Gasteiger partial charge in [-0.05, 0) is 50.4 Å². The molecule has 0 spiro atoms. The van der Waals surface area contributed by atoms with Crippen molar-refractivity contribution in [2.24, 2.45) is 11.8 Å². The van der Waals surface area contributed by atoms with Gasteiger partial charge in [0.05, 0.1) is 17.8 Å². The quantitative estimate of drug-likeness (QED) is 0.571.